The number of thiophene rings is 1. The molecule has 1 unspecified atom stereocenters. The Morgan fingerprint density at radius 3 is 2.52 bits per heavy atom. The predicted octanol–water partition coefficient (Wildman–Crippen LogP) is 5.69. The minimum atomic E-state index is -3.16. The molecule has 4 rings (SSSR count). The van der Waals surface area contributed by atoms with Crippen molar-refractivity contribution in [3.8, 4) is 0 Å². The number of carbonyl (C=O) groups is 1. The number of rotatable bonds is 4. The first-order chi connectivity index (χ1) is 13.7. The number of amides is 1. The van der Waals surface area contributed by atoms with Gasteiger partial charge in [-0.1, -0.05) is 65.1 Å². The molecule has 1 atom stereocenters. The summed E-state index contributed by atoms with van der Waals surface area (Å²) in [6.45, 7) is 0.304. The fourth-order valence-electron chi connectivity index (χ4n) is 3.55. The number of sulfone groups is 1. The quantitative estimate of drug-likeness (QED) is 0.474. The van der Waals surface area contributed by atoms with Gasteiger partial charge in [0.25, 0.3) is 5.91 Å². The van der Waals surface area contributed by atoms with Gasteiger partial charge in [-0.15, -0.1) is 11.3 Å². The third kappa shape index (κ3) is 4.28. The summed E-state index contributed by atoms with van der Waals surface area (Å²) in [6, 6.07) is 12.4. The van der Waals surface area contributed by atoms with Gasteiger partial charge in [-0.3, -0.25) is 4.79 Å². The first kappa shape index (κ1) is 20.9. The minimum absolute atomic E-state index is 0.0410. The average Bonchev–Trinajstić information content (AvgIpc) is 3.19. The molecule has 1 saturated heterocycles. The van der Waals surface area contributed by atoms with Crippen LogP contribution in [-0.2, 0) is 16.4 Å². The van der Waals surface area contributed by atoms with Gasteiger partial charge in [0.05, 0.1) is 21.6 Å². The van der Waals surface area contributed by atoms with Gasteiger partial charge < -0.3 is 4.90 Å². The highest BCUT2D eigenvalue weighted by molar-refractivity contribution is 7.91. The normalized spacial score (nSPS) is 18.2. The molecule has 1 aliphatic rings. The highest BCUT2D eigenvalue weighted by Gasteiger charge is 2.36. The molecular weight excluding hydrogens is 473 g/mol. The summed E-state index contributed by atoms with van der Waals surface area (Å²) in [5, 5.41) is 1.70. The van der Waals surface area contributed by atoms with Gasteiger partial charge in [-0.05, 0) is 24.1 Å². The maximum absolute atomic E-state index is 13.5. The lowest BCUT2D eigenvalue weighted by Crippen LogP contribution is -2.40. The number of carbonyl (C=O) groups excluding carboxylic acids is 1. The molecule has 0 spiro atoms. The molecule has 1 aromatic heterocycles. The maximum atomic E-state index is 13.5. The van der Waals surface area contributed by atoms with Crippen LogP contribution in [0.1, 0.15) is 21.7 Å². The fraction of sp³-hybridized carbons (Fsp3) is 0.250. The molecule has 4 nitrogen and oxygen atoms in total. The molecule has 9 heteroatoms. The second kappa shape index (κ2) is 8.08. The monoisotopic (exact) mass is 487 g/mol. The van der Waals surface area contributed by atoms with Crippen LogP contribution in [0.4, 0.5) is 0 Å². The minimum Gasteiger partial charge on any atom is -0.330 e. The Labute approximate surface area is 187 Å². The molecule has 0 N–H and O–H groups in total. The lowest BCUT2D eigenvalue weighted by molar-refractivity contribution is 0.0686. The van der Waals surface area contributed by atoms with E-state index in [1.54, 1.807) is 17.0 Å². The zero-order chi connectivity index (χ0) is 20.8. The van der Waals surface area contributed by atoms with Crippen molar-refractivity contribution in [2.24, 2.45) is 0 Å². The van der Waals surface area contributed by atoms with Crippen molar-refractivity contribution in [3.63, 3.8) is 0 Å². The van der Waals surface area contributed by atoms with E-state index in [0.717, 1.165) is 10.3 Å². The molecule has 1 aliphatic heterocycles. The van der Waals surface area contributed by atoms with Crippen LogP contribution >= 0.6 is 46.1 Å². The number of hydrogen-bond donors (Lipinski definition) is 0. The van der Waals surface area contributed by atoms with E-state index in [-0.39, 0.29) is 22.4 Å². The van der Waals surface area contributed by atoms with E-state index in [1.807, 2.05) is 30.3 Å². The molecule has 2 aromatic carbocycles. The first-order valence-corrected chi connectivity index (χ1v) is 12.6. The summed E-state index contributed by atoms with van der Waals surface area (Å²) in [7, 11) is -3.16. The van der Waals surface area contributed by atoms with Gasteiger partial charge in [-0.25, -0.2) is 8.42 Å². The Balaban J connectivity index is 1.76. The summed E-state index contributed by atoms with van der Waals surface area (Å²) in [5.41, 5.74) is 0.920. The van der Waals surface area contributed by atoms with E-state index in [4.69, 9.17) is 34.8 Å². The number of nitrogens with zero attached hydrogens (tertiary/aromatic N) is 1. The zero-order valence-corrected chi connectivity index (χ0v) is 19.0. The van der Waals surface area contributed by atoms with Gasteiger partial charge in [0.2, 0.25) is 0 Å². The Hall–Kier alpha value is -1.31. The van der Waals surface area contributed by atoms with Crippen LogP contribution in [0.25, 0.3) is 10.1 Å². The van der Waals surface area contributed by atoms with Crippen LogP contribution in [0, 0.1) is 0 Å². The second-order valence-corrected chi connectivity index (χ2v) is 11.5. The molecule has 3 aromatic rings. The van der Waals surface area contributed by atoms with Gasteiger partial charge in [0, 0.05) is 27.7 Å². The average molecular weight is 489 g/mol. The molecule has 29 heavy (non-hydrogen) atoms. The number of fused-ring (bicyclic) bond motifs is 1. The first-order valence-electron chi connectivity index (χ1n) is 8.87. The molecule has 1 fully saturated rings. The summed E-state index contributed by atoms with van der Waals surface area (Å²) in [5.74, 6) is -0.257. The Kier molecular flexibility index (Phi) is 5.84. The molecular formula is C20H16Cl3NO3S2. The van der Waals surface area contributed by atoms with Crippen LogP contribution in [0.15, 0.2) is 42.5 Å². The lowest BCUT2D eigenvalue weighted by atomic mass is 10.1. The summed E-state index contributed by atoms with van der Waals surface area (Å²) in [6.07, 6.45) is 0.413. The lowest BCUT2D eigenvalue weighted by Gasteiger charge is -2.28. The van der Waals surface area contributed by atoms with E-state index >= 15 is 0 Å². The van der Waals surface area contributed by atoms with E-state index in [9.17, 15) is 13.2 Å². The highest BCUT2D eigenvalue weighted by Crippen LogP contribution is 2.42. The third-order valence-electron chi connectivity index (χ3n) is 4.95. The van der Waals surface area contributed by atoms with Crippen LogP contribution in [0.2, 0.25) is 15.1 Å². The number of halogens is 3. The SMILES string of the molecule is O=C(c1sc2cc(Cl)cc(Cl)c2c1Cl)N(Cc1ccccc1)C1CCS(=O)(=O)C1. The van der Waals surface area contributed by atoms with E-state index < -0.39 is 15.9 Å². The van der Waals surface area contributed by atoms with E-state index in [0.29, 0.717) is 33.3 Å². The van der Waals surface area contributed by atoms with Crippen molar-refractivity contribution < 1.29 is 13.2 Å². The second-order valence-electron chi connectivity index (χ2n) is 6.98. The Bertz CT molecular complexity index is 1190. The van der Waals surface area contributed by atoms with E-state index in [2.05, 4.69) is 0 Å². The van der Waals surface area contributed by atoms with Crippen molar-refractivity contribution in [3.05, 3.63) is 68.0 Å². The van der Waals surface area contributed by atoms with Crippen molar-refractivity contribution >= 4 is 72.0 Å². The number of benzene rings is 2. The van der Waals surface area contributed by atoms with Crippen molar-refractivity contribution in [2.75, 3.05) is 11.5 Å². The molecule has 0 aliphatic carbocycles. The Morgan fingerprint density at radius 1 is 1.14 bits per heavy atom. The molecule has 152 valence electrons. The van der Waals surface area contributed by atoms with Crippen molar-refractivity contribution in [1.29, 1.82) is 0 Å². The highest BCUT2D eigenvalue weighted by atomic mass is 35.5. The van der Waals surface area contributed by atoms with Gasteiger partial charge in [0.1, 0.15) is 4.88 Å². The van der Waals surface area contributed by atoms with Crippen LogP contribution < -0.4 is 0 Å². The molecule has 0 radical (unpaired) electrons. The van der Waals surface area contributed by atoms with Gasteiger partial charge in [0.15, 0.2) is 9.84 Å². The summed E-state index contributed by atoms with van der Waals surface area (Å²) >= 11 is 20.1. The summed E-state index contributed by atoms with van der Waals surface area (Å²) in [4.78, 5) is 15.5. The van der Waals surface area contributed by atoms with Crippen LogP contribution in [0.5, 0.6) is 0 Å². The maximum Gasteiger partial charge on any atom is 0.266 e. The summed E-state index contributed by atoms with van der Waals surface area (Å²) < 4.78 is 24.8. The third-order valence-corrected chi connectivity index (χ3v) is 8.83. The zero-order valence-electron chi connectivity index (χ0n) is 15.1. The molecule has 2 heterocycles. The van der Waals surface area contributed by atoms with Crippen LogP contribution in [-0.4, -0.2) is 36.8 Å². The standard InChI is InChI=1S/C20H16Cl3NO3S2/c21-13-8-15(22)17-16(9-13)28-19(18(17)23)20(25)24(10-12-4-2-1-3-5-12)14-6-7-29(26,27)11-14/h1-5,8-9,14H,6-7,10-11H2. The smallest absolute Gasteiger partial charge is 0.266 e. The van der Waals surface area contributed by atoms with Crippen LogP contribution in [0.3, 0.4) is 0 Å². The van der Waals surface area contributed by atoms with Crippen molar-refractivity contribution in [2.45, 2.75) is 19.0 Å². The number of hydrogen-bond acceptors (Lipinski definition) is 4. The molecule has 0 saturated carbocycles. The van der Waals surface area contributed by atoms with Gasteiger partial charge >= 0.3 is 0 Å². The molecule has 0 bridgehead atoms. The van der Waals surface area contributed by atoms with Gasteiger partial charge in [-0.2, -0.15) is 0 Å². The topological polar surface area (TPSA) is 54.5 Å². The van der Waals surface area contributed by atoms with E-state index in [1.165, 1.54) is 11.3 Å². The fourth-order valence-corrected chi connectivity index (χ4v) is 7.61. The van der Waals surface area contributed by atoms with Crippen molar-refractivity contribution in [1.82, 2.24) is 4.90 Å². The molecule has 1 amide bonds. The predicted molar refractivity (Wildman–Crippen MR) is 120 cm³/mol. The Morgan fingerprint density at radius 2 is 1.86 bits per heavy atom. The largest absolute Gasteiger partial charge is 0.330 e.